The van der Waals surface area contributed by atoms with Gasteiger partial charge in [-0.1, -0.05) is 64.1 Å². The van der Waals surface area contributed by atoms with Crippen LogP contribution in [0, 0.1) is 0 Å². The Morgan fingerprint density at radius 2 is 1.78 bits per heavy atom. The van der Waals surface area contributed by atoms with Crippen LogP contribution in [0.25, 0.3) is 11.4 Å². The highest BCUT2D eigenvalue weighted by atomic mass is 79.9. The van der Waals surface area contributed by atoms with E-state index in [4.69, 9.17) is 0 Å². The number of benzene rings is 3. The number of halogens is 4. The Balaban J connectivity index is 1.42. The summed E-state index contributed by atoms with van der Waals surface area (Å²) in [6, 6.07) is 19.2. The molecule has 0 saturated heterocycles. The van der Waals surface area contributed by atoms with Crippen LogP contribution in [0.3, 0.4) is 0 Å². The fraction of sp³-hybridized carbons (Fsp3) is 0.115. The number of nitrogens with zero attached hydrogens (tertiary/aromatic N) is 3. The summed E-state index contributed by atoms with van der Waals surface area (Å²) < 4.78 is 41.7. The minimum Gasteiger partial charge on any atom is -0.322 e. The Kier molecular flexibility index (Phi) is 7.95. The molecule has 1 amide bonds. The zero-order chi connectivity index (χ0) is 25.7. The molecule has 4 aromatic rings. The average Bonchev–Trinajstić information content (AvgIpc) is 3.26. The predicted molar refractivity (Wildman–Crippen MR) is 139 cm³/mol. The maximum Gasteiger partial charge on any atom is 0.416 e. The Morgan fingerprint density at radius 3 is 2.44 bits per heavy atom. The Morgan fingerprint density at radius 1 is 1.06 bits per heavy atom. The zero-order valence-electron chi connectivity index (χ0n) is 18.8. The van der Waals surface area contributed by atoms with Gasteiger partial charge < -0.3 is 5.32 Å². The molecule has 0 fully saturated rings. The molecule has 0 radical (unpaired) electrons. The van der Waals surface area contributed by atoms with Gasteiger partial charge in [0.15, 0.2) is 11.0 Å². The minimum atomic E-state index is -4.48. The standard InChI is InChI=1S/C26H20BrF3N4OS/c1-2-14-34-23(18-10-12-21(27)13-11-18)32-33-25(34)36-16-17-6-8-19(9-7-17)24(35)31-22-5-3-4-20(15-22)26(28,29)30/h2-13,15H,1,14,16H2,(H,31,35). The summed E-state index contributed by atoms with van der Waals surface area (Å²) in [5.74, 6) is 0.843. The summed E-state index contributed by atoms with van der Waals surface area (Å²) in [4.78, 5) is 12.5. The summed E-state index contributed by atoms with van der Waals surface area (Å²) in [5, 5.41) is 11.9. The Bertz CT molecular complexity index is 1370. The number of anilines is 1. The first-order valence-electron chi connectivity index (χ1n) is 10.7. The molecule has 1 N–H and O–H groups in total. The van der Waals surface area contributed by atoms with Gasteiger partial charge in [0.2, 0.25) is 0 Å². The molecule has 5 nitrogen and oxygen atoms in total. The highest BCUT2D eigenvalue weighted by Crippen LogP contribution is 2.31. The van der Waals surface area contributed by atoms with Gasteiger partial charge in [-0.15, -0.1) is 16.8 Å². The third kappa shape index (κ3) is 6.24. The van der Waals surface area contributed by atoms with Gasteiger partial charge in [0, 0.05) is 33.6 Å². The maximum absolute atomic E-state index is 12.9. The lowest BCUT2D eigenvalue weighted by Crippen LogP contribution is -2.13. The molecule has 0 aliphatic carbocycles. The molecule has 0 saturated carbocycles. The number of nitrogens with one attached hydrogen (secondary N) is 1. The van der Waals surface area contributed by atoms with E-state index in [0.717, 1.165) is 38.7 Å². The first kappa shape index (κ1) is 25.7. The van der Waals surface area contributed by atoms with Crippen molar-refractivity contribution in [3.63, 3.8) is 0 Å². The van der Waals surface area contributed by atoms with Crippen LogP contribution in [0.4, 0.5) is 18.9 Å². The van der Waals surface area contributed by atoms with Crippen molar-refractivity contribution < 1.29 is 18.0 Å². The van der Waals surface area contributed by atoms with Crippen molar-refractivity contribution in [3.8, 4) is 11.4 Å². The number of hydrogen-bond donors (Lipinski definition) is 1. The summed E-state index contributed by atoms with van der Waals surface area (Å²) in [5.41, 5.74) is 1.50. The number of allylic oxidation sites excluding steroid dienone is 1. The van der Waals surface area contributed by atoms with E-state index < -0.39 is 17.6 Å². The lowest BCUT2D eigenvalue weighted by atomic mass is 10.1. The number of alkyl halides is 3. The van der Waals surface area contributed by atoms with Gasteiger partial charge in [-0.2, -0.15) is 13.2 Å². The van der Waals surface area contributed by atoms with Gasteiger partial charge in [0.05, 0.1) is 5.56 Å². The van der Waals surface area contributed by atoms with Crippen LogP contribution in [-0.2, 0) is 18.5 Å². The van der Waals surface area contributed by atoms with Crippen LogP contribution in [0.5, 0.6) is 0 Å². The van der Waals surface area contributed by atoms with Crippen LogP contribution < -0.4 is 5.32 Å². The molecule has 0 aliphatic rings. The highest BCUT2D eigenvalue weighted by Gasteiger charge is 2.30. The molecule has 0 bridgehead atoms. The number of thioether (sulfide) groups is 1. The minimum absolute atomic E-state index is 0.0811. The fourth-order valence-electron chi connectivity index (χ4n) is 3.38. The van der Waals surface area contributed by atoms with Crippen LogP contribution >= 0.6 is 27.7 Å². The van der Waals surface area contributed by atoms with Gasteiger partial charge in [-0.25, -0.2) is 0 Å². The molecule has 184 valence electrons. The van der Waals surface area contributed by atoms with Gasteiger partial charge in [0.25, 0.3) is 5.91 Å². The summed E-state index contributed by atoms with van der Waals surface area (Å²) in [7, 11) is 0. The van der Waals surface area contributed by atoms with Crippen molar-refractivity contribution in [1.29, 1.82) is 0 Å². The van der Waals surface area contributed by atoms with Gasteiger partial charge in [-0.05, 0) is 48.0 Å². The van der Waals surface area contributed by atoms with E-state index in [2.05, 4.69) is 38.0 Å². The SMILES string of the molecule is C=CCn1c(SCc2ccc(C(=O)Nc3cccc(C(F)(F)F)c3)cc2)nnc1-c1ccc(Br)cc1. The number of aromatic nitrogens is 3. The topological polar surface area (TPSA) is 59.8 Å². The van der Waals surface area contributed by atoms with Gasteiger partial charge in [-0.3, -0.25) is 9.36 Å². The third-order valence-corrected chi connectivity index (χ3v) is 6.73. The lowest BCUT2D eigenvalue weighted by Gasteiger charge is -2.10. The lowest BCUT2D eigenvalue weighted by molar-refractivity contribution is -0.137. The Hall–Kier alpha value is -3.37. The van der Waals surface area contributed by atoms with Crippen molar-refractivity contribution >= 4 is 39.3 Å². The average molecular weight is 573 g/mol. The van der Waals surface area contributed by atoms with Crippen LogP contribution in [0.2, 0.25) is 0 Å². The van der Waals surface area contributed by atoms with E-state index in [1.54, 1.807) is 30.3 Å². The molecule has 0 spiro atoms. The van der Waals surface area contributed by atoms with E-state index >= 15 is 0 Å². The molecule has 4 rings (SSSR count). The van der Waals surface area contributed by atoms with Gasteiger partial charge in [0.1, 0.15) is 0 Å². The summed E-state index contributed by atoms with van der Waals surface area (Å²) in [6.07, 6.45) is -2.69. The molecule has 10 heteroatoms. The molecule has 36 heavy (non-hydrogen) atoms. The molecule has 0 unspecified atom stereocenters. The largest absolute Gasteiger partial charge is 0.416 e. The first-order chi connectivity index (χ1) is 17.2. The van der Waals surface area contributed by atoms with Gasteiger partial charge >= 0.3 is 6.18 Å². The van der Waals surface area contributed by atoms with Crippen molar-refractivity contribution in [1.82, 2.24) is 14.8 Å². The van der Waals surface area contributed by atoms with E-state index in [0.29, 0.717) is 17.9 Å². The van der Waals surface area contributed by atoms with Crippen LogP contribution in [-0.4, -0.2) is 20.7 Å². The number of amides is 1. The first-order valence-corrected chi connectivity index (χ1v) is 12.5. The van der Waals surface area contributed by atoms with Crippen molar-refractivity contribution in [2.45, 2.75) is 23.6 Å². The second-order valence-electron chi connectivity index (χ2n) is 7.73. The maximum atomic E-state index is 12.9. The van der Waals surface area contributed by atoms with Crippen LogP contribution in [0.15, 0.2) is 95.1 Å². The van der Waals surface area contributed by atoms with E-state index in [9.17, 15) is 18.0 Å². The molecule has 0 aliphatic heterocycles. The fourth-order valence-corrected chi connectivity index (χ4v) is 4.55. The number of rotatable bonds is 8. The third-order valence-electron chi connectivity index (χ3n) is 5.16. The molecule has 1 heterocycles. The summed E-state index contributed by atoms with van der Waals surface area (Å²) in [6.45, 7) is 4.38. The Labute approximate surface area is 218 Å². The predicted octanol–water partition coefficient (Wildman–Crippen LogP) is 7.46. The van der Waals surface area contributed by atoms with Crippen LogP contribution in [0.1, 0.15) is 21.5 Å². The molecule has 0 atom stereocenters. The summed E-state index contributed by atoms with van der Waals surface area (Å²) >= 11 is 4.94. The zero-order valence-corrected chi connectivity index (χ0v) is 21.2. The van der Waals surface area contributed by atoms with E-state index in [1.807, 2.05) is 28.8 Å². The monoisotopic (exact) mass is 572 g/mol. The second-order valence-corrected chi connectivity index (χ2v) is 9.59. The highest BCUT2D eigenvalue weighted by molar-refractivity contribution is 9.10. The molecule has 3 aromatic carbocycles. The molecular weight excluding hydrogens is 553 g/mol. The molecular formula is C26H20BrF3N4OS. The van der Waals surface area contributed by atoms with E-state index in [1.165, 1.54) is 23.9 Å². The van der Waals surface area contributed by atoms with Crippen molar-refractivity contribution in [3.05, 3.63) is 107 Å². The number of hydrogen-bond acceptors (Lipinski definition) is 4. The van der Waals surface area contributed by atoms with Crippen molar-refractivity contribution in [2.75, 3.05) is 5.32 Å². The normalized spacial score (nSPS) is 11.3. The quantitative estimate of drug-likeness (QED) is 0.176. The smallest absolute Gasteiger partial charge is 0.322 e. The molecule has 1 aromatic heterocycles. The number of carbonyl (C=O) groups excluding carboxylic acids is 1. The number of carbonyl (C=O) groups is 1. The van der Waals surface area contributed by atoms with Crippen molar-refractivity contribution in [2.24, 2.45) is 0 Å². The van der Waals surface area contributed by atoms with E-state index in [-0.39, 0.29) is 5.69 Å². The second kappa shape index (κ2) is 11.1.